The van der Waals surface area contributed by atoms with Gasteiger partial charge in [-0.25, -0.2) is 0 Å². The minimum atomic E-state index is -1.04. The molecule has 6 N–H and O–H groups in total. The number of hydrogen-bond donors (Lipinski definition) is 5. The van der Waals surface area contributed by atoms with E-state index < -0.39 is 12.0 Å². The summed E-state index contributed by atoms with van der Waals surface area (Å²) in [6.45, 7) is 0.182. The lowest BCUT2D eigenvalue weighted by molar-refractivity contribution is -0.136. The van der Waals surface area contributed by atoms with Crippen molar-refractivity contribution in [1.82, 2.24) is 10.6 Å². The lowest BCUT2D eigenvalue weighted by Crippen LogP contribution is -2.49. The number of nitrogens with one attached hydrogen (secondary N) is 3. The molecule has 0 bridgehead atoms. The molecule has 0 spiro atoms. The fourth-order valence-electron chi connectivity index (χ4n) is 3.25. The monoisotopic (exact) mass is 455 g/mol. The molecule has 168 valence electrons. The lowest BCUT2D eigenvalue weighted by Gasteiger charge is -2.25. The predicted octanol–water partition coefficient (Wildman–Crippen LogP) is 1.16. The van der Waals surface area contributed by atoms with E-state index in [4.69, 9.17) is 16.2 Å². The second-order valence-corrected chi connectivity index (χ2v) is 8.29. The van der Waals surface area contributed by atoms with Gasteiger partial charge in [0, 0.05) is 35.7 Å². The highest BCUT2D eigenvalue weighted by Crippen LogP contribution is 2.34. The highest BCUT2D eigenvalue weighted by molar-refractivity contribution is 7.99. The van der Waals surface area contributed by atoms with E-state index in [0.717, 1.165) is 16.1 Å². The van der Waals surface area contributed by atoms with Gasteiger partial charge in [-0.1, -0.05) is 36.4 Å². The van der Waals surface area contributed by atoms with E-state index in [1.807, 2.05) is 24.3 Å². The van der Waals surface area contributed by atoms with Gasteiger partial charge in [0.05, 0.1) is 18.3 Å². The van der Waals surface area contributed by atoms with Crippen molar-refractivity contribution in [2.45, 2.75) is 23.9 Å². The summed E-state index contributed by atoms with van der Waals surface area (Å²) < 4.78 is 0. The molecule has 10 heteroatoms. The number of thioether (sulfide) groups is 1. The number of hydrogen-bond acceptors (Lipinski definition) is 6. The van der Waals surface area contributed by atoms with Crippen molar-refractivity contribution in [2.24, 2.45) is 5.73 Å². The van der Waals surface area contributed by atoms with E-state index >= 15 is 0 Å². The summed E-state index contributed by atoms with van der Waals surface area (Å²) in [6.07, 6.45) is 0.0991. The predicted molar refractivity (Wildman–Crippen MR) is 123 cm³/mol. The number of amides is 2. The van der Waals surface area contributed by atoms with Gasteiger partial charge in [0.15, 0.2) is 0 Å². The zero-order chi connectivity index (χ0) is 23.1. The van der Waals surface area contributed by atoms with E-state index in [1.165, 1.54) is 11.8 Å². The molecule has 0 aliphatic carbocycles. The molecule has 1 atom stereocenters. The molecule has 0 saturated heterocycles. The van der Waals surface area contributed by atoms with Gasteiger partial charge in [-0.05, 0) is 17.7 Å². The van der Waals surface area contributed by atoms with E-state index in [0.29, 0.717) is 17.9 Å². The fourth-order valence-corrected chi connectivity index (χ4v) is 4.35. The normalized spacial score (nSPS) is 15.6. The van der Waals surface area contributed by atoms with Crippen molar-refractivity contribution in [1.29, 1.82) is 5.41 Å². The van der Waals surface area contributed by atoms with Gasteiger partial charge in [0.25, 0.3) is 0 Å². The lowest BCUT2D eigenvalue weighted by atomic mass is 10.1. The van der Waals surface area contributed by atoms with Gasteiger partial charge in [-0.3, -0.25) is 25.1 Å². The zero-order valence-electron chi connectivity index (χ0n) is 17.3. The number of anilines is 1. The van der Waals surface area contributed by atoms with Crippen molar-refractivity contribution in [3.05, 3.63) is 59.7 Å². The number of nitrogens with two attached hydrogens (primary N) is 1. The van der Waals surface area contributed by atoms with Crippen LogP contribution in [0.3, 0.4) is 0 Å². The summed E-state index contributed by atoms with van der Waals surface area (Å²) in [6, 6.07) is 13.8. The third-order valence-corrected chi connectivity index (χ3v) is 6.10. The smallest absolute Gasteiger partial charge is 0.317 e. The SMILES string of the molecule is N=C(N)c1ccc(CNC(=O)CCN2C(=O)[C@H](NCC(=O)O)CSc3ccccc32)cc1. The van der Waals surface area contributed by atoms with Crippen molar-refractivity contribution >= 4 is 41.1 Å². The standard InChI is InChI=1S/C22H25N5O4S/c23-21(24)15-7-5-14(6-8-15)11-26-19(28)9-10-27-17-3-1-2-4-18(17)32-13-16(22(27)31)25-12-20(29)30/h1-8,16,25H,9-13H2,(H3,23,24)(H,26,28)(H,29,30)/t16-/m1/s1. The van der Waals surface area contributed by atoms with Crippen LogP contribution in [0, 0.1) is 5.41 Å². The first-order valence-corrected chi connectivity index (χ1v) is 11.0. The van der Waals surface area contributed by atoms with Gasteiger partial charge < -0.3 is 21.1 Å². The molecular formula is C22H25N5O4S. The van der Waals surface area contributed by atoms with Crippen LogP contribution in [0.5, 0.6) is 0 Å². The maximum absolute atomic E-state index is 13.1. The Morgan fingerprint density at radius 2 is 1.91 bits per heavy atom. The number of fused-ring (bicyclic) bond motifs is 1. The van der Waals surface area contributed by atoms with Crippen LogP contribution in [0.1, 0.15) is 17.5 Å². The molecule has 2 amide bonds. The number of nitrogen functional groups attached to an aromatic ring is 1. The third-order valence-electron chi connectivity index (χ3n) is 4.94. The number of para-hydroxylation sites is 1. The molecule has 0 unspecified atom stereocenters. The topological polar surface area (TPSA) is 149 Å². The molecule has 2 aromatic carbocycles. The average molecular weight is 456 g/mol. The summed E-state index contributed by atoms with van der Waals surface area (Å²) >= 11 is 1.48. The third kappa shape index (κ3) is 6.08. The molecule has 0 saturated carbocycles. The number of carboxylic acid groups (broad SMARTS) is 1. The highest BCUT2D eigenvalue weighted by atomic mass is 32.2. The number of amidine groups is 1. The molecule has 3 rings (SSSR count). The zero-order valence-corrected chi connectivity index (χ0v) is 18.2. The van der Waals surface area contributed by atoms with Crippen LogP contribution in [0.4, 0.5) is 5.69 Å². The number of benzene rings is 2. The first kappa shape index (κ1) is 23.3. The van der Waals surface area contributed by atoms with Crippen LogP contribution in [0.15, 0.2) is 53.4 Å². The Morgan fingerprint density at radius 1 is 1.19 bits per heavy atom. The first-order valence-electron chi connectivity index (χ1n) is 10.0. The van der Waals surface area contributed by atoms with Crippen LogP contribution < -0.4 is 21.3 Å². The first-order chi connectivity index (χ1) is 15.3. The number of carbonyl (C=O) groups excluding carboxylic acids is 2. The molecule has 0 aromatic heterocycles. The molecule has 2 aromatic rings. The highest BCUT2D eigenvalue weighted by Gasteiger charge is 2.31. The van der Waals surface area contributed by atoms with Gasteiger partial charge in [0.1, 0.15) is 5.84 Å². The molecule has 9 nitrogen and oxygen atoms in total. The van der Waals surface area contributed by atoms with E-state index in [2.05, 4.69) is 10.6 Å². The van der Waals surface area contributed by atoms with Crippen LogP contribution >= 0.6 is 11.8 Å². The Bertz CT molecular complexity index is 1010. The Morgan fingerprint density at radius 3 is 2.59 bits per heavy atom. The number of rotatable bonds is 9. The van der Waals surface area contributed by atoms with Crippen molar-refractivity contribution in [3.63, 3.8) is 0 Å². The van der Waals surface area contributed by atoms with Crippen molar-refractivity contribution < 1.29 is 19.5 Å². The average Bonchev–Trinajstić information content (AvgIpc) is 2.91. The van der Waals surface area contributed by atoms with Crippen LogP contribution in [-0.2, 0) is 20.9 Å². The maximum atomic E-state index is 13.1. The van der Waals surface area contributed by atoms with E-state index in [9.17, 15) is 14.4 Å². The summed E-state index contributed by atoms with van der Waals surface area (Å²) in [7, 11) is 0. The fraction of sp³-hybridized carbons (Fsp3) is 0.273. The molecule has 1 aliphatic heterocycles. The van der Waals surface area contributed by atoms with Gasteiger partial charge in [0.2, 0.25) is 11.8 Å². The quantitative estimate of drug-likeness (QED) is 0.281. The van der Waals surface area contributed by atoms with Gasteiger partial charge >= 0.3 is 5.97 Å². The molecule has 0 fully saturated rings. The summed E-state index contributed by atoms with van der Waals surface area (Å²) in [4.78, 5) is 38.9. The van der Waals surface area contributed by atoms with Crippen LogP contribution in [0.2, 0.25) is 0 Å². The molecular weight excluding hydrogens is 430 g/mol. The Kier molecular flexibility index (Phi) is 7.85. The second-order valence-electron chi connectivity index (χ2n) is 7.23. The molecule has 32 heavy (non-hydrogen) atoms. The second kappa shape index (κ2) is 10.8. The van der Waals surface area contributed by atoms with E-state index in [-0.39, 0.29) is 37.2 Å². The number of carboxylic acids is 1. The van der Waals surface area contributed by atoms with E-state index in [1.54, 1.807) is 29.2 Å². The summed E-state index contributed by atoms with van der Waals surface area (Å²) in [5.74, 6) is -1.11. The minimum absolute atomic E-state index is 0.0164. The maximum Gasteiger partial charge on any atom is 0.317 e. The van der Waals surface area contributed by atoms with Crippen molar-refractivity contribution in [2.75, 3.05) is 23.7 Å². The molecule has 1 aliphatic rings. The van der Waals surface area contributed by atoms with Crippen LogP contribution in [-0.4, -0.2) is 53.6 Å². The van der Waals surface area contributed by atoms with Crippen LogP contribution in [0.25, 0.3) is 0 Å². The summed E-state index contributed by atoms with van der Waals surface area (Å²) in [5, 5.41) is 22.0. The number of aliphatic carboxylic acids is 1. The summed E-state index contributed by atoms with van der Waals surface area (Å²) in [5.41, 5.74) is 7.64. The molecule has 0 radical (unpaired) electrons. The molecule has 1 heterocycles. The minimum Gasteiger partial charge on any atom is -0.480 e. The Labute approximate surface area is 189 Å². The van der Waals surface area contributed by atoms with Crippen molar-refractivity contribution in [3.8, 4) is 0 Å². The number of carbonyl (C=O) groups is 3. The Balaban J connectivity index is 1.62. The largest absolute Gasteiger partial charge is 0.480 e. The van der Waals surface area contributed by atoms with Gasteiger partial charge in [-0.15, -0.1) is 11.8 Å². The van der Waals surface area contributed by atoms with Gasteiger partial charge in [-0.2, -0.15) is 0 Å². The number of nitrogens with zero attached hydrogens (tertiary/aromatic N) is 1. The Hall–Kier alpha value is -3.37.